The van der Waals surface area contributed by atoms with E-state index in [1.807, 2.05) is 0 Å². The molecule has 1 aromatic rings. The Balaban J connectivity index is 1.68. The number of Topliss-reactive ketones (excluding diaryl/α,β-unsaturated/α-hetero) is 2. The van der Waals surface area contributed by atoms with Gasteiger partial charge >= 0.3 is 6.18 Å². The number of likely N-dealkylation sites (N-methyl/N-ethyl adjacent to an activating group) is 1. The molecule has 4 aliphatic rings. The molecule has 0 radical (unpaired) electrons. The summed E-state index contributed by atoms with van der Waals surface area (Å²) >= 11 is 0. The number of hydrogen-bond acceptors (Lipinski definition) is 9. The first-order chi connectivity index (χ1) is 19.1. The van der Waals surface area contributed by atoms with Crippen molar-refractivity contribution in [2.24, 2.45) is 17.6 Å². The molecule has 1 aromatic carbocycles. The first-order valence-corrected chi connectivity index (χ1v) is 13.4. The number of rotatable bonds is 5. The number of nitrogens with one attached hydrogen (secondary N) is 1. The molecule has 222 valence electrons. The van der Waals surface area contributed by atoms with E-state index in [0.717, 1.165) is 31.7 Å². The summed E-state index contributed by atoms with van der Waals surface area (Å²) in [6.45, 7) is -0.171. The molecule has 0 spiro atoms. The highest BCUT2D eigenvalue weighted by atomic mass is 19.4. The van der Waals surface area contributed by atoms with Gasteiger partial charge in [0.05, 0.1) is 17.2 Å². The Morgan fingerprint density at radius 1 is 1.17 bits per heavy atom. The van der Waals surface area contributed by atoms with Crippen LogP contribution in [0.1, 0.15) is 54.4 Å². The fraction of sp³-hybridized carbons (Fsp3) is 0.536. The standard InChI is InChI=1S/C28H32F3N3O7/c1-34(2)21-15-8-11-7-14-18(16(35)9-12(20(14)28(29,30)31)10-33-13-5-3-4-6-13)22(36)17(11)24(38)27(15,41)25(39)19(23(21)37)26(32)40/h9,11,13,15,21,33,35-36,39,41H,3-8,10H2,1-2H3,(H2,32,40)/t11-,15-,21-,27-/m0/s1. The van der Waals surface area contributed by atoms with Crippen LogP contribution in [-0.2, 0) is 33.5 Å². The average Bonchev–Trinajstić information content (AvgIpc) is 3.37. The Hall–Kier alpha value is -3.42. The number of phenolic OH excluding ortho intramolecular Hbond substituents is 1. The van der Waals surface area contributed by atoms with Gasteiger partial charge in [0.15, 0.2) is 11.4 Å². The predicted molar refractivity (Wildman–Crippen MR) is 138 cm³/mol. The lowest BCUT2D eigenvalue weighted by atomic mass is 9.57. The number of benzene rings is 1. The Kier molecular flexibility index (Phi) is 6.98. The number of ketones is 2. The van der Waals surface area contributed by atoms with Crippen LogP contribution in [0.25, 0.3) is 5.76 Å². The number of carbonyl (C=O) groups is 3. The Bertz CT molecular complexity index is 1410. The van der Waals surface area contributed by atoms with E-state index in [0.29, 0.717) is 0 Å². The lowest BCUT2D eigenvalue weighted by molar-refractivity contribution is -0.153. The molecule has 0 heterocycles. The molecule has 1 amide bonds. The number of alkyl halides is 3. The van der Waals surface area contributed by atoms with E-state index >= 15 is 0 Å². The molecule has 7 N–H and O–H groups in total. The number of nitrogens with zero attached hydrogens (tertiary/aromatic N) is 1. The van der Waals surface area contributed by atoms with Crippen molar-refractivity contribution in [3.05, 3.63) is 45.2 Å². The monoisotopic (exact) mass is 579 g/mol. The number of nitrogens with two attached hydrogens (primary N) is 1. The normalized spacial score (nSPS) is 28.7. The quantitative estimate of drug-likeness (QED) is 0.285. The van der Waals surface area contributed by atoms with Crippen molar-refractivity contribution in [3.8, 4) is 5.75 Å². The average molecular weight is 580 g/mol. The molecule has 0 aromatic heterocycles. The summed E-state index contributed by atoms with van der Waals surface area (Å²) in [5.41, 5.74) is -1.26. The number of amides is 1. The lowest BCUT2D eigenvalue weighted by Crippen LogP contribution is -2.65. The van der Waals surface area contributed by atoms with Gasteiger partial charge in [-0.15, -0.1) is 0 Å². The molecule has 0 bridgehead atoms. The van der Waals surface area contributed by atoms with Crippen molar-refractivity contribution in [3.63, 3.8) is 0 Å². The topological polar surface area (TPSA) is 173 Å². The van der Waals surface area contributed by atoms with Crippen molar-refractivity contribution in [1.29, 1.82) is 0 Å². The van der Waals surface area contributed by atoms with E-state index < -0.39 is 98.7 Å². The minimum absolute atomic E-state index is 0.0423. The summed E-state index contributed by atoms with van der Waals surface area (Å²) < 4.78 is 43.7. The van der Waals surface area contributed by atoms with E-state index in [1.165, 1.54) is 19.0 Å². The van der Waals surface area contributed by atoms with Crippen molar-refractivity contribution in [1.82, 2.24) is 10.2 Å². The SMILES string of the molecule is CN(C)[C@@H]1C(=O)C(C(N)=O)=C(O)[C@@]2(O)C(=O)C3=C(O)c4c(O)cc(CNC5CCCC5)c(C(F)(F)F)c4C[C@H]3C[C@@H]12. The number of aliphatic hydroxyl groups is 3. The first kappa shape index (κ1) is 29.1. The molecule has 41 heavy (non-hydrogen) atoms. The molecule has 13 heteroatoms. The van der Waals surface area contributed by atoms with Crippen LogP contribution in [0, 0.1) is 11.8 Å². The third-order valence-electron chi connectivity index (χ3n) is 9.02. The fourth-order valence-corrected chi connectivity index (χ4v) is 7.26. The van der Waals surface area contributed by atoms with Gasteiger partial charge in [-0.1, -0.05) is 12.8 Å². The van der Waals surface area contributed by atoms with E-state index in [2.05, 4.69) is 5.32 Å². The highest BCUT2D eigenvalue weighted by molar-refractivity contribution is 6.24. The van der Waals surface area contributed by atoms with Crippen molar-refractivity contribution >= 4 is 23.2 Å². The zero-order valence-corrected chi connectivity index (χ0v) is 22.5. The van der Waals surface area contributed by atoms with Crippen LogP contribution in [0.2, 0.25) is 0 Å². The predicted octanol–water partition coefficient (Wildman–Crippen LogP) is 2.02. The van der Waals surface area contributed by atoms with Gasteiger partial charge in [-0.25, -0.2) is 0 Å². The number of phenols is 1. The molecule has 4 aliphatic carbocycles. The summed E-state index contributed by atoms with van der Waals surface area (Å²) in [5, 5.41) is 47.7. The number of fused-ring (bicyclic) bond motifs is 3. The minimum Gasteiger partial charge on any atom is -0.508 e. The number of hydrogen-bond donors (Lipinski definition) is 6. The van der Waals surface area contributed by atoms with Crippen LogP contribution >= 0.6 is 0 Å². The molecule has 0 aliphatic heterocycles. The third-order valence-corrected chi connectivity index (χ3v) is 9.02. The number of aromatic hydroxyl groups is 1. The number of halogens is 3. The highest BCUT2D eigenvalue weighted by Gasteiger charge is 2.64. The molecule has 2 saturated carbocycles. The van der Waals surface area contributed by atoms with Gasteiger partial charge in [-0.3, -0.25) is 19.3 Å². The maximum Gasteiger partial charge on any atom is 0.417 e. The van der Waals surface area contributed by atoms with Gasteiger partial charge in [-0.2, -0.15) is 13.2 Å². The van der Waals surface area contributed by atoms with Crippen molar-refractivity contribution < 1.29 is 48.0 Å². The number of carbonyl (C=O) groups excluding carboxylic acids is 3. The molecular weight excluding hydrogens is 547 g/mol. The smallest absolute Gasteiger partial charge is 0.417 e. The van der Waals surface area contributed by atoms with Gasteiger partial charge < -0.3 is 31.5 Å². The zero-order valence-electron chi connectivity index (χ0n) is 22.5. The Morgan fingerprint density at radius 2 is 1.80 bits per heavy atom. The third kappa shape index (κ3) is 4.32. The van der Waals surface area contributed by atoms with E-state index in [4.69, 9.17) is 5.73 Å². The highest BCUT2D eigenvalue weighted by Crippen LogP contribution is 2.54. The molecule has 10 nitrogen and oxygen atoms in total. The minimum atomic E-state index is -4.87. The maximum atomic E-state index is 14.6. The second kappa shape index (κ2) is 9.85. The van der Waals surface area contributed by atoms with Crippen LogP contribution < -0.4 is 11.1 Å². The van der Waals surface area contributed by atoms with Crippen LogP contribution in [0.5, 0.6) is 5.75 Å². The van der Waals surface area contributed by atoms with E-state index in [1.54, 1.807) is 0 Å². The first-order valence-electron chi connectivity index (χ1n) is 13.4. The van der Waals surface area contributed by atoms with Crippen molar-refractivity contribution in [2.75, 3.05) is 14.1 Å². The second-order valence-corrected chi connectivity index (χ2v) is 11.6. The Morgan fingerprint density at radius 3 is 2.37 bits per heavy atom. The lowest BCUT2D eigenvalue weighted by Gasteiger charge is -2.50. The van der Waals surface area contributed by atoms with Gasteiger partial charge in [0.2, 0.25) is 5.78 Å². The molecule has 0 unspecified atom stereocenters. The van der Waals surface area contributed by atoms with Crippen LogP contribution in [-0.4, -0.2) is 74.6 Å². The maximum absolute atomic E-state index is 14.6. The zero-order chi connectivity index (χ0) is 30.2. The van der Waals surface area contributed by atoms with Gasteiger partial charge in [0.25, 0.3) is 5.91 Å². The molecule has 2 fully saturated rings. The van der Waals surface area contributed by atoms with Crippen LogP contribution in [0.3, 0.4) is 0 Å². The van der Waals surface area contributed by atoms with E-state index in [-0.39, 0.29) is 24.6 Å². The van der Waals surface area contributed by atoms with Crippen LogP contribution in [0.4, 0.5) is 13.2 Å². The molecule has 0 saturated heterocycles. The fourth-order valence-electron chi connectivity index (χ4n) is 7.26. The largest absolute Gasteiger partial charge is 0.508 e. The number of primary amides is 1. The summed E-state index contributed by atoms with van der Waals surface area (Å²) in [7, 11) is 2.88. The van der Waals surface area contributed by atoms with Gasteiger partial charge in [-0.05, 0) is 62.9 Å². The summed E-state index contributed by atoms with van der Waals surface area (Å²) in [6, 6.07) is -0.374. The summed E-state index contributed by atoms with van der Waals surface area (Å²) in [4.78, 5) is 40.4. The number of aliphatic hydroxyl groups excluding tert-OH is 2. The Labute approximate surface area is 233 Å². The van der Waals surface area contributed by atoms with Crippen molar-refractivity contribution in [2.45, 2.75) is 68.9 Å². The van der Waals surface area contributed by atoms with Gasteiger partial charge in [0, 0.05) is 24.1 Å². The molecule has 5 rings (SSSR count). The van der Waals surface area contributed by atoms with E-state index in [9.17, 15) is 48.0 Å². The van der Waals surface area contributed by atoms with Gasteiger partial charge in [0.1, 0.15) is 22.8 Å². The summed E-state index contributed by atoms with van der Waals surface area (Å²) in [5.74, 6) is -8.97. The second-order valence-electron chi connectivity index (χ2n) is 11.6. The summed E-state index contributed by atoms with van der Waals surface area (Å²) in [6.07, 6.45) is -2.03. The molecule has 4 atom stereocenters. The van der Waals surface area contributed by atoms with Crippen LogP contribution in [0.15, 0.2) is 23.0 Å². The molecular formula is C28H32F3N3O7.